The van der Waals surface area contributed by atoms with Crippen molar-refractivity contribution >= 4 is 12.4 Å². The zero-order valence-electron chi connectivity index (χ0n) is 11.2. The first-order valence-corrected chi connectivity index (χ1v) is 6.26. The highest BCUT2D eigenvalue weighted by Crippen LogP contribution is 1.85. The minimum atomic E-state index is 0.885. The summed E-state index contributed by atoms with van der Waals surface area (Å²) in [5.74, 6) is 0. The molecule has 0 saturated heterocycles. The Balaban J connectivity index is 3.69. The molecule has 0 bridgehead atoms. The molecule has 94 valence electrons. The number of hydrogen-bond acceptors (Lipinski definition) is 4. The van der Waals surface area contributed by atoms with Crippen molar-refractivity contribution in [1.82, 2.24) is 9.80 Å². The van der Waals surface area contributed by atoms with Crippen LogP contribution in [0.25, 0.3) is 0 Å². The van der Waals surface area contributed by atoms with E-state index in [0.717, 1.165) is 39.3 Å². The summed E-state index contributed by atoms with van der Waals surface area (Å²) in [5.41, 5.74) is 0. The molecule has 0 radical (unpaired) electrons. The van der Waals surface area contributed by atoms with Gasteiger partial charge in [-0.05, 0) is 26.2 Å². The van der Waals surface area contributed by atoms with Crippen molar-refractivity contribution in [3.8, 4) is 0 Å². The smallest absolute Gasteiger partial charge is 0.0410 e. The second-order valence-electron chi connectivity index (χ2n) is 3.57. The van der Waals surface area contributed by atoms with Crippen molar-refractivity contribution in [1.29, 1.82) is 0 Å². The van der Waals surface area contributed by atoms with Crippen LogP contribution in [0.2, 0.25) is 0 Å². The fraction of sp³-hybridized carbons (Fsp3) is 0.833. The Labute approximate surface area is 100 Å². The van der Waals surface area contributed by atoms with Crippen LogP contribution in [0.4, 0.5) is 0 Å². The maximum Gasteiger partial charge on any atom is 0.0410 e. The van der Waals surface area contributed by atoms with Gasteiger partial charge in [-0.3, -0.25) is 9.80 Å². The van der Waals surface area contributed by atoms with Gasteiger partial charge in [0.25, 0.3) is 0 Å². The molecule has 16 heavy (non-hydrogen) atoms. The van der Waals surface area contributed by atoms with Gasteiger partial charge in [-0.25, -0.2) is 0 Å². The van der Waals surface area contributed by atoms with Crippen LogP contribution in [0.3, 0.4) is 0 Å². The van der Waals surface area contributed by atoms with Crippen molar-refractivity contribution in [3.63, 3.8) is 0 Å². The second-order valence-corrected chi connectivity index (χ2v) is 3.57. The molecule has 0 heterocycles. The summed E-state index contributed by atoms with van der Waals surface area (Å²) in [7, 11) is 0. The summed E-state index contributed by atoms with van der Waals surface area (Å²) in [6.45, 7) is 14.6. The van der Waals surface area contributed by atoms with E-state index in [9.17, 15) is 0 Å². The average molecular weight is 226 g/mol. The van der Waals surface area contributed by atoms with E-state index in [-0.39, 0.29) is 0 Å². The summed E-state index contributed by atoms with van der Waals surface area (Å²) in [5, 5.41) is 8.05. The lowest BCUT2D eigenvalue weighted by atomic mass is 10.5. The van der Waals surface area contributed by atoms with E-state index in [1.165, 1.54) is 0 Å². The van der Waals surface area contributed by atoms with Crippen LogP contribution in [0, 0.1) is 0 Å². The first kappa shape index (κ1) is 15.3. The summed E-state index contributed by atoms with van der Waals surface area (Å²) in [6.07, 6.45) is 3.73. The summed E-state index contributed by atoms with van der Waals surface area (Å²) in [4.78, 5) is 4.59. The van der Waals surface area contributed by atoms with Crippen LogP contribution >= 0.6 is 0 Å². The lowest BCUT2D eigenvalue weighted by molar-refractivity contribution is 0.348. The van der Waals surface area contributed by atoms with Crippen LogP contribution in [-0.4, -0.2) is 61.5 Å². The van der Waals surface area contributed by atoms with E-state index in [0.29, 0.717) is 0 Å². The Hall–Kier alpha value is -0.740. The summed E-state index contributed by atoms with van der Waals surface area (Å²) >= 11 is 0. The average Bonchev–Trinajstić information content (AvgIpc) is 2.33. The van der Waals surface area contributed by atoms with E-state index in [1.54, 1.807) is 0 Å². The van der Waals surface area contributed by atoms with Crippen molar-refractivity contribution in [3.05, 3.63) is 0 Å². The SMILES string of the molecule is CCN(CC)CC=NN=CCN(CC)CC. The third kappa shape index (κ3) is 7.54. The van der Waals surface area contributed by atoms with Gasteiger partial charge in [0.2, 0.25) is 0 Å². The van der Waals surface area contributed by atoms with Crippen molar-refractivity contribution < 1.29 is 0 Å². The molecule has 0 aliphatic heterocycles. The monoisotopic (exact) mass is 226 g/mol. The van der Waals surface area contributed by atoms with Gasteiger partial charge in [0.1, 0.15) is 0 Å². The number of rotatable bonds is 9. The summed E-state index contributed by atoms with van der Waals surface area (Å²) < 4.78 is 0. The van der Waals surface area contributed by atoms with Crippen LogP contribution in [-0.2, 0) is 0 Å². The van der Waals surface area contributed by atoms with Gasteiger partial charge in [-0.15, -0.1) is 0 Å². The third-order valence-corrected chi connectivity index (χ3v) is 2.70. The van der Waals surface area contributed by atoms with Gasteiger partial charge in [-0.2, -0.15) is 10.2 Å². The van der Waals surface area contributed by atoms with Gasteiger partial charge in [0.15, 0.2) is 0 Å². The molecule has 4 heteroatoms. The standard InChI is InChI=1S/C12H26N4/c1-5-15(6-2)11-9-13-14-10-12-16(7-3)8-4/h9-10H,5-8,11-12H2,1-4H3. The van der Waals surface area contributed by atoms with Gasteiger partial charge >= 0.3 is 0 Å². The Kier molecular flexibility index (Phi) is 10.3. The zero-order chi connectivity index (χ0) is 12.2. The molecular weight excluding hydrogens is 200 g/mol. The molecule has 0 aromatic rings. The van der Waals surface area contributed by atoms with Crippen molar-refractivity contribution in [2.75, 3.05) is 39.3 Å². The van der Waals surface area contributed by atoms with Gasteiger partial charge in [0, 0.05) is 25.5 Å². The molecule has 0 rings (SSSR count). The molecule has 0 aromatic carbocycles. The lowest BCUT2D eigenvalue weighted by Crippen LogP contribution is -2.25. The molecule has 0 aromatic heterocycles. The summed E-state index contributed by atoms with van der Waals surface area (Å²) in [6, 6.07) is 0. The quantitative estimate of drug-likeness (QED) is 0.443. The predicted octanol–water partition coefficient (Wildman–Crippen LogP) is 1.73. The van der Waals surface area contributed by atoms with Crippen LogP contribution in [0.1, 0.15) is 27.7 Å². The van der Waals surface area contributed by atoms with Crippen LogP contribution < -0.4 is 0 Å². The molecule has 0 aliphatic rings. The highest BCUT2D eigenvalue weighted by atomic mass is 15.2. The first-order valence-electron chi connectivity index (χ1n) is 6.26. The molecule has 0 spiro atoms. The largest absolute Gasteiger partial charge is 0.299 e. The Bertz CT molecular complexity index is 171. The second kappa shape index (κ2) is 10.8. The maximum absolute atomic E-state index is 4.02. The van der Waals surface area contributed by atoms with Crippen LogP contribution in [0.5, 0.6) is 0 Å². The fourth-order valence-electron chi connectivity index (χ4n) is 1.36. The fourth-order valence-corrected chi connectivity index (χ4v) is 1.36. The Morgan fingerprint density at radius 2 is 1.00 bits per heavy atom. The molecule has 0 N–H and O–H groups in total. The highest BCUT2D eigenvalue weighted by Gasteiger charge is 1.94. The van der Waals surface area contributed by atoms with Gasteiger partial charge in [0.05, 0.1) is 0 Å². The predicted molar refractivity (Wildman–Crippen MR) is 72.6 cm³/mol. The van der Waals surface area contributed by atoms with E-state index < -0.39 is 0 Å². The molecule has 4 nitrogen and oxygen atoms in total. The molecule has 0 aliphatic carbocycles. The van der Waals surface area contributed by atoms with E-state index >= 15 is 0 Å². The molecule has 0 atom stereocenters. The molecule has 0 amide bonds. The normalized spacial score (nSPS) is 12.6. The third-order valence-electron chi connectivity index (χ3n) is 2.70. The zero-order valence-corrected chi connectivity index (χ0v) is 11.2. The van der Waals surface area contributed by atoms with Gasteiger partial charge < -0.3 is 0 Å². The van der Waals surface area contributed by atoms with E-state index in [4.69, 9.17) is 0 Å². The molecule has 0 unspecified atom stereocenters. The Morgan fingerprint density at radius 3 is 1.25 bits per heavy atom. The van der Waals surface area contributed by atoms with Crippen LogP contribution in [0.15, 0.2) is 10.2 Å². The number of nitrogens with zero attached hydrogens (tertiary/aromatic N) is 4. The first-order chi connectivity index (χ1) is 7.78. The molecule has 0 fully saturated rings. The minimum absolute atomic E-state index is 0.885. The Morgan fingerprint density at radius 1 is 0.688 bits per heavy atom. The maximum atomic E-state index is 4.02. The molecular formula is C12H26N4. The van der Waals surface area contributed by atoms with Gasteiger partial charge in [-0.1, -0.05) is 27.7 Å². The number of hydrogen-bond donors (Lipinski definition) is 0. The highest BCUT2D eigenvalue weighted by molar-refractivity contribution is 5.63. The topological polar surface area (TPSA) is 31.2 Å². The van der Waals surface area contributed by atoms with E-state index in [2.05, 4.69) is 47.7 Å². The lowest BCUT2D eigenvalue weighted by Gasteiger charge is -2.14. The van der Waals surface area contributed by atoms with E-state index in [1.807, 2.05) is 12.4 Å². The van der Waals surface area contributed by atoms with Crippen molar-refractivity contribution in [2.24, 2.45) is 10.2 Å². The van der Waals surface area contributed by atoms with Crippen molar-refractivity contribution in [2.45, 2.75) is 27.7 Å². The molecule has 0 saturated carbocycles. The minimum Gasteiger partial charge on any atom is -0.299 e.